The SMILES string of the molecule is Nc1cc([N+](=O)[O-])ccc1S(=O)(=O)NC1CCOC1. The van der Waals surface area contributed by atoms with E-state index < -0.39 is 14.9 Å². The van der Waals surface area contributed by atoms with Crippen molar-refractivity contribution in [2.24, 2.45) is 0 Å². The van der Waals surface area contributed by atoms with Crippen molar-refractivity contribution in [3.63, 3.8) is 0 Å². The maximum Gasteiger partial charge on any atom is 0.271 e. The molecule has 1 aromatic rings. The number of hydrogen-bond donors (Lipinski definition) is 2. The normalized spacial score (nSPS) is 19.5. The molecule has 19 heavy (non-hydrogen) atoms. The molecule has 1 unspecified atom stereocenters. The Kier molecular flexibility index (Phi) is 3.69. The van der Waals surface area contributed by atoms with E-state index in [9.17, 15) is 18.5 Å². The minimum Gasteiger partial charge on any atom is -0.397 e. The molecule has 0 saturated carbocycles. The van der Waals surface area contributed by atoms with E-state index in [1.165, 1.54) is 0 Å². The molecule has 2 rings (SSSR count). The molecule has 1 aliphatic rings. The molecule has 3 N–H and O–H groups in total. The summed E-state index contributed by atoms with van der Waals surface area (Å²) in [4.78, 5) is 9.77. The molecule has 0 bridgehead atoms. The Balaban J connectivity index is 2.27. The van der Waals surface area contributed by atoms with E-state index in [0.717, 1.165) is 18.2 Å². The van der Waals surface area contributed by atoms with Gasteiger partial charge in [-0.1, -0.05) is 0 Å². The number of ether oxygens (including phenoxy) is 1. The zero-order valence-electron chi connectivity index (χ0n) is 9.90. The molecule has 0 spiro atoms. The average molecular weight is 287 g/mol. The number of nitrogens with two attached hydrogens (primary N) is 1. The number of nitrogens with zero attached hydrogens (tertiary/aromatic N) is 1. The molecule has 0 aliphatic carbocycles. The molecule has 9 heteroatoms. The second-order valence-corrected chi connectivity index (χ2v) is 5.84. The zero-order valence-corrected chi connectivity index (χ0v) is 10.7. The number of nitro benzene ring substituents is 1. The number of anilines is 1. The van der Waals surface area contributed by atoms with Crippen molar-refractivity contribution in [1.29, 1.82) is 0 Å². The fourth-order valence-corrected chi connectivity index (χ4v) is 3.17. The standard InChI is InChI=1S/C10H13N3O5S/c11-9-5-8(13(14)15)1-2-10(9)19(16,17)12-7-3-4-18-6-7/h1-2,5,7,12H,3-4,6,11H2. The van der Waals surface area contributed by atoms with Crippen LogP contribution in [0.1, 0.15) is 6.42 Å². The van der Waals surface area contributed by atoms with E-state index in [-0.39, 0.29) is 22.3 Å². The number of rotatable bonds is 4. The van der Waals surface area contributed by atoms with E-state index in [4.69, 9.17) is 10.5 Å². The van der Waals surface area contributed by atoms with E-state index in [1.54, 1.807) is 0 Å². The highest BCUT2D eigenvalue weighted by atomic mass is 32.2. The lowest BCUT2D eigenvalue weighted by atomic mass is 10.3. The number of benzene rings is 1. The maximum absolute atomic E-state index is 12.1. The fourth-order valence-electron chi connectivity index (χ4n) is 1.80. The molecule has 0 aromatic heterocycles. The van der Waals surface area contributed by atoms with Gasteiger partial charge in [0.1, 0.15) is 4.90 Å². The number of nitro groups is 1. The van der Waals surface area contributed by atoms with Gasteiger partial charge in [-0.15, -0.1) is 0 Å². The molecule has 0 radical (unpaired) electrons. The molecule has 0 amide bonds. The summed E-state index contributed by atoms with van der Waals surface area (Å²) in [6, 6.07) is 2.97. The summed E-state index contributed by atoms with van der Waals surface area (Å²) in [5, 5.41) is 10.6. The Bertz CT molecular complexity index is 595. The zero-order chi connectivity index (χ0) is 14.0. The summed E-state index contributed by atoms with van der Waals surface area (Å²) < 4.78 is 31.7. The Morgan fingerprint density at radius 2 is 2.21 bits per heavy atom. The van der Waals surface area contributed by atoms with Crippen molar-refractivity contribution in [2.75, 3.05) is 18.9 Å². The highest BCUT2D eigenvalue weighted by Crippen LogP contribution is 2.24. The summed E-state index contributed by atoms with van der Waals surface area (Å²) in [6.45, 7) is 0.815. The molecule has 104 valence electrons. The molecular weight excluding hydrogens is 274 g/mol. The summed E-state index contributed by atoms with van der Waals surface area (Å²) in [5.41, 5.74) is 5.16. The van der Waals surface area contributed by atoms with Crippen LogP contribution in [-0.2, 0) is 14.8 Å². The van der Waals surface area contributed by atoms with Crippen LogP contribution in [0.5, 0.6) is 0 Å². The Labute approximate surface area is 109 Å². The van der Waals surface area contributed by atoms with Crippen LogP contribution in [0.15, 0.2) is 23.1 Å². The summed E-state index contributed by atoms with van der Waals surface area (Å²) in [6.07, 6.45) is 0.589. The van der Waals surface area contributed by atoms with Gasteiger partial charge in [0.15, 0.2) is 0 Å². The van der Waals surface area contributed by atoms with Crippen molar-refractivity contribution in [1.82, 2.24) is 4.72 Å². The number of hydrogen-bond acceptors (Lipinski definition) is 6. The molecule has 8 nitrogen and oxygen atoms in total. The highest BCUT2D eigenvalue weighted by Gasteiger charge is 2.25. The quantitative estimate of drug-likeness (QED) is 0.464. The van der Waals surface area contributed by atoms with E-state index >= 15 is 0 Å². The predicted molar refractivity (Wildman–Crippen MR) is 67.1 cm³/mol. The molecule has 1 heterocycles. The van der Waals surface area contributed by atoms with Gasteiger partial charge < -0.3 is 10.5 Å². The van der Waals surface area contributed by atoms with E-state index in [0.29, 0.717) is 19.6 Å². The summed E-state index contributed by atoms with van der Waals surface area (Å²) in [5.74, 6) is 0. The lowest BCUT2D eigenvalue weighted by Crippen LogP contribution is -2.35. The third-order valence-electron chi connectivity index (χ3n) is 2.75. The lowest BCUT2D eigenvalue weighted by molar-refractivity contribution is -0.384. The number of nitrogens with one attached hydrogen (secondary N) is 1. The lowest BCUT2D eigenvalue weighted by Gasteiger charge is -2.12. The van der Waals surface area contributed by atoms with Gasteiger partial charge in [0.2, 0.25) is 10.0 Å². The van der Waals surface area contributed by atoms with Crippen LogP contribution < -0.4 is 10.5 Å². The first-order valence-corrected chi connectivity index (χ1v) is 7.02. The van der Waals surface area contributed by atoms with Crippen LogP contribution in [0.2, 0.25) is 0 Å². The van der Waals surface area contributed by atoms with Crippen LogP contribution in [0.3, 0.4) is 0 Å². The topological polar surface area (TPSA) is 125 Å². The minimum absolute atomic E-state index is 0.152. The molecular formula is C10H13N3O5S. The van der Waals surface area contributed by atoms with Gasteiger partial charge in [-0.2, -0.15) is 0 Å². The fraction of sp³-hybridized carbons (Fsp3) is 0.400. The third-order valence-corrected chi connectivity index (χ3v) is 4.34. The largest absolute Gasteiger partial charge is 0.397 e. The molecule has 1 fully saturated rings. The van der Waals surface area contributed by atoms with Crippen molar-refractivity contribution >= 4 is 21.4 Å². The van der Waals surface area contributed by atoms with Crippen LogP contribution in [0, 0.1) is 10.1 Å². The van der Waals surface area contributed by atoms with Gasteiger partial charge in [0, 0.05) is 24.8 Å². The predicted octanol–water partition coefficient (Wildman–Crippen LogP) is 0.244. The Morgan fingerprint density at radius 3 is 2.74 bits per heavy atom. The molecule has 1 atom stereocenters. The highest BCUT2D eigenvalue weighted by molar-refractivity contribution is 7.89. The van der Waals surface area contributed by atoms with Gasteiger partial charge in [-0.3, -0.25) is 10.1 Å². The van der Waals surface area contributed by atoms with E-state index in [1.807, 2.05) is 0 Å². The summed E-state index contributed by atoms with van der Waals surface area (Å²) in [7, 11) is -3.79. The molecule has 1 aliphatic heterocycles. The first kappa shape index (κ1) is 13.7. The molecule has 1 aromatic carbocycles. The first-order valence-electron chi connectivity index (χ1n) is 5.54. The van der Waals surface area contributed by atoms with Gasteiger partial charge in [-0.05, 0) is 12.5 Å². The summed E-state index contributed by atoms with van der Waals surface area (Å²) >= 11 is 0. The van der Waals surface area contributed by atoms with E-state index in [2.05, 4.69) is 4.72 Å². The van der Waals surface area contributed by atoms with Crippen LogP contribution in [0.4, 0.5) is 11.4 Å². The van der Waals surface area contributed by atoms with Crippen LogP contribution >= 0.6 is 0 Å². The Hall–Kier alpha value is -1.71. The second kappa shape index (κ2) is 5.11. The van der Waals surface area contributed by atoms with Crippen molar-refractivity contribution in [3.8, 4) is 0 Å². The van der Waals surface area contributed by atoms with Crippen molar-refractivity contribution < 1.29 is 18.1 Å². The second-order valence-electron chi connectivity index (χ2n) is 4.16. The van der Waals surface area contributed by atoms with Crippen LogP contribution in [-0.4, -0.2) is 32.6 Å². The van der Waals surface area contributed by atoms with Crippen molar-refractivity contribution in [3.05, 3.63) is 28.3 Å². The van der Waals surface area contributed by atoms with Gasteiger partial charge in [0.25, 0.3) is 5.69 Å². The average Bonchev–Trinajstić information content (AvgIpc) is 2.80. The van der Waals surface area contributed by atoms with Crippen LogP contribution in [0.25, 0.3) is 0 Å². The van der Waals surface area contributed by atoms with Crippen molar-refractivity contribution in [2.45, 2.75) is 17.4 Å². The smallest absolute Gasteiger partial charge is 0.271 e. The third kappa shape index (κ3) is 3.00. The number of sulfonamides is 1. The first-order chi connectivity index (χ1) is 8.90. The number of non-ortho nitro benzene ring substituents is 1. The minimum atomic E-state index is -3.79. The maximum atomic E-state index is 12.1. The Morgan fingerprint density at radius 1 is 1.47 bits per heavy atom. The van der Waals surface area contributed by atoms with Gasteiger partial charge in [-0.25, -0.2) is 13.1 Å². The monoisotopic (exact) mass is 287 g/mol. The van der Waals surface area contributed by atoms with Gasteiger partial charge in [0.05, 0.1) is 17.2 Å². The van der Waals surface area contributed by atoms with Gasteiger partial charge >= 0.3 is 0 Å². The molecule has 1 saturated heterocycles. The number of nitrogen functional groups attached to an aromatic ring is 1.